The molecule has 0 aliphatic carbocycles. The van der Waals surface area contributed by atoms with Crippen molar-refractivity contribution in [2.45, 2.75) is 0 Å². The molecule has 0 aliphatic rings. The van der Waals surface area contributed by atoms with E-state index in [1.807, 2.05) is 0 Å². The van der Waals surface area contributed by atoms with Crippen LogP contribution >= 0.6 is 39.1 Å². The quantitative estimate of drug-likeness (QED) is 0.143. The topological polar surface area (TPSA) is 106 Å². The van der Waals surface area contributed by atoms with Crippen LogP contribution < -0.4 is 20.2 Å². The Balaban J connectivity index is 1.67. The zero-order chi connectivity index (χ0) is 24.7. The fourth-order valence-electron chi connectivity index (χ4n) is 2.59. The lowest BCUT2D eigenvalue weighted by molar-refractivity contribution is -0.136. The van der Waals surface area contributed by atoms with Gasteiger partial charge in [0.1, 0.15) is 11.5 Å². The van der Waals surface area contributed by atoms with E-state index < -0.39 is 17.8 Å². The first-order valence-corrected chi connectivity index (χ1v) is 11.1. The van der Waals surface area contributed by atoms with Gasteiger partial charge in [0.15, 0.2) is 0 Å². The number of methoxy groups -OCH3 is 1. The molecule has 34 heavy (non-hydrogen) atoms. The third-order valence-corrected chi connectivity index (χ3v) is 5.59. The van der Waals surface area contributed by atoms with Gasteiger partial charge in [0.25, 0.3) is 0 Å². The number of ether oxygens (including phenoxy) is 2. The number of esters is 1. The van der Waals surface area contributed by atoms with E-state index in [1.165, 1.54) is 19.4 Å². The van der Waals surface area contributed by atoms with E-state index >= 15 is 0 Å². The van der Waals surface area contributed by atoms with Crippen LogP contribution in [-0.2, 0) is 9.59 Å². The van der Waals surface area contributed by atoms with Gasteiger partial charge in [0.2, 0.25) is 0 Å². The van der Waals surface area contributed by atoms with E-state index in [-0.39, 0.29) is 21.5 Å². The van der Waals surface area contributed by atoms with Crippen molar-refractivity contribution in [2.24, 2.45) is 5.10 Å². The smallest absolute Gasteiger partial charge is 0.343 e. The molecule has 2 N–H and O–H groups in total. The summed E-state index contributed by atoms with van der Waals surface area (Å²) in [6, 6.07) is 15.9. The molecule has 0 radical (unpaired) electrons. The predicted octanol–water partition coefficient (Wildman–Crippen LogP) is 5.07. The zero-order valence-corrected chi connectivity index (χ0v) is 20.6. The zero-order valence-electron chi connectivity index (χ0n) is 17.5. The van der Waals surface area contributed by atoms with Crippen molar-refractivity contribution in [1.29, 1.82) is 0 Å². The second-order valence-corrected chi connectivity index (χ2v) is 8.26. The Morgan fingerprint density at radius 2 is 1.74 bits per heavy atom. The molecule has 3 rings (SSSR count). The minimum Gasteiger partial charge on any atom is -0.497 e. The maximum atomic E-state index is 12.5. The summed E-state index contributed by atoms with van der Waals surface area (Å²) in [5, 5.41) is 6.45. The summed E-state index contributed by atoms with van der Waals surface area (Å²) >= 11 is 15.2. The Morgan fingerprint density at radius 1 is 1.00 bits per heavy atom. The third-order valence-electron chi connectivity index (χ3n) is 4.28. The van der Waals surface area contributed by atoms with E-state index in [0.29, 0.717) is 21.3 Å². The number of rotatable bonds is 6. The first-order valence-electron chi connectivity index (χ1n) is 9.52. The van der Waals surface area contributed by atoms with Crippen molar-refractivity contribution in [3.63, 3.8) is 0 Å². The first-order chi connectivity index (χ1) is 16.3. The molecule has 174 valence electrons. The highest BCUT2D eigenvalue weighted by Crippen LogP contribution is 2.29. The lowest BCUT2D eigenvalue weighted by Gasteiger charge is -2.09. The Kier molecular flexibility index (Phi) is 8.64. The van der Waals surface area contributed by atoms with Gasteiger partial charge in [-0.2, -0.15) is 5.10 Å². The highest BCUT2D eigenvalue weighted by molar-refractivity contribution is 9.10. The van der Waals surface area contributed by atoms with Gasteiger partial charge in [0.05, 0.1) is 34.6 Å². The third kappa shape index (κ3) is 6.57. The van der Waals surface area contributed by atoms with Crippen LogP contribution in [0.1, 0.15) is 15.9 Å². The lowest BCUT2D eigenvalue weighted by atomic mass is 10.2. The molecule has 3 aromatic rings. The van der Waals surface area contributed by atoms with Gasteiger partial charge in [0, 0.05) is 10.0 Å². The molecule has 0 spiro atoms. The SMILES string of the molecule is COc1ccc(C(=O)Oc2ccc(Br)cc2/C=N/NC(=O)C(=O)Nc2cccc(Cl)c2Cl)cc1. The second kappa shape index (κ2) is 11.6. The first kappa shape index (κ1) is 25.2. The van der Waals surface area contributed by atoms with Crippen molar-refractivity contribution < 1.29 is 23.9 Å². The summed E-state index contributed by atoms with van der Waals surface area (Å²) in [5.41, 5.74) is 2.97. The number of carbonyl (C=O) groups excluding carboxylic acids is 3. The molecular weight excluding hydrogens is 549 g/mol. The van der Waals surface area contributed by atoms with E-state index in [9.17, 15) is 14.4 Å². The fourth-order valence-corrected chi connectivity index (χ4v) is 3.32. The van der Waals surface area contributed by atoms with Gasteiger partial charge in [-0.15, -0.1) is 0 Å². The number of benzene rings is 3. The molecular formula is C23H16BrCl2N3O5. The van der Waals surface area contributed by atoms with Crippen molar-refractivity contribution in [1.82, 2.24) is 5.43 Å². The normalized spacial score (nSPS) is 10.6. The average molecular weight is 565 g/mol. The number of anilines is 1. The summed E-state index contributed by atoms with van der Waals surface area (Å²) < 4.78 is 11.2. The minimum absolute atomic E-state index is 0.103. The van der Waals surface area contributed by atoms with E-state index in [2.05, 4.69) is 31.8 Å². The van der Waals surface area contributed by atoms with Gasteiger partial charge in [-0.25, -0.2) is 10.2 Å². The molecule has 2 amide bonds. The second-order valence-electron chi connectivity index (χ2n) is 6.55. The number of hydrazone groups is 1. The van der Waals surface area contributed by atoms with E-state index in [4.69, 9.17) is 32.7 Å². The number of halogens is 3. The molecule has 3 aromatic carbocycles. The molecule has 0 fully saturated rings. The number of nitrogens with zero attached hydrogens (tertiary/aromatic N) is 1. The number of hydrogen-bond donors (Lipinski definition) is 2. The number of carbonyl (C=O) groups is 3. The summed E-state index contributed by atoms with van der Waals surface area (Å²) in [6.07, 6.45) is 1.24. The standard InChI is InChI=1S/C23H16BrCl2N3O5/c1-33-16-8-5-13(6-9-16)23(32)34-19-10-7-15(24)11-14(19)12-27-29-22(31)21(30)28-18-4-2-3-17(25)20(18)26/h2-12H,1H3,(H,28,30)(H,29,31)/b27-12+. The fraction of sp³-hybridized carbons (Fsp3) is 0.0435. The van der Waals surface area contributed by atoms with Crippen LogP contribution in [-0.4, -0.2) is 31.1 Å². The average Bonchev–Trinajstić information content (AvgIpc) is 2.83. The molecule has 8 nitrogen and oxygen atoms in total. The van der Waals surface area contributed by atoms with Crippen LogP contribution in [0.4, 0.5) is 5.69 Å². The minimum atomic E-state index is -1.04. The Morgan fingerprint density at radius 3 is 2.44 bits per heavy atom. The Bertz CT molecular complexity index is 1270. The van der Waals surface area contributed by atoms with Gasteiger partial charge in [-0.3, -0.25) is 9.59 Å². The van der Waals surface area contributed by atoms with E-state index in [0.717, 1.165) is 0 Å². The molecule has 0 saturated heterocycles. The largest absolute Gasteiger partial charge is 0.497 e. The van der Waals surface area contributed by atoms with E-state index in [1.54, 1.807) is 54.6 Å². The van der Waals surface area contributed by atoms with Crippen LogP contribution in [0, 0.1) is 0 Å². The maximum absolute atomic E-state index is 12.5. The van der Waals surface area contributed by atoms with Crippen LogP contribution in [0.25, 0.3) is 0 Å². The van der Waals surface area contributed by atoms with Crippen molar-refractivity contribution in [2.75, 3.05) is 12.4 Å². The van der Waals surface area contributed by atoms with Gasteiger partial charge < -0.3 is 14.8 Å². The van der Waals surface area contributed by atoms with Crippen molar-refractivity contribution in [3.05, 3.63) is 86.3 Å². The Labute approximate surface area is 213 Å². The lowest BCUT2D eigenvalue weighted by Crippen LogP contribution is -2.32. The number of amides is 2. The molecule has 0 unspecified atom stereocenters. The van der Waals surface area contributed by atoms with Gasteiger partial charge >= 0.3 is 17.8 Å². The molecule has 0 aromatic heterocycles. The molecule has 0 saturated carbocycles. The number of nitrogens with one attached hydrogen (secondary N) is 2. The molecule has 11 heteroatoms. The molecule has 0 bridgehead atoms. The summed E-state index contributed by atoms with van der Waals surface area (Å²) in [7, 11) is 1.52. The highest BCUT2D eigenvalue weighted by atomic mass is 79.9. The monoisotopic (exact) mass is 563 g/mol. The van der Waals surface area contributed by atoms with Crippen LogP contribution in [0.2, 0.25) is 10.0 Å². The predicted molar refractivity (Wildman–Crippen MR) is 133 cm³/mol. The molecule has 0 aliphatic heterocycles. The van der Waals surface area contributed by atoms with Gasteiger partial charge in [-0.05, 0) is 54.6 Å². The maximum Gasteiger partial charge on any atom is 0.343 e. The summed E-state index contributed by atoms with van der Waals surface area (Å²) in [6.45, 7) is 0. The van der Waals surface area contributed by atoms with Crippen molar-refractivity contribution >= 4 is 68.8 Å². The molecule has 0 heterocycles. The van der Waals surface area contributed by atoms with Crippen LogP contribution in [0.3, 0.4) is 0 Å². The van der Waals surface area contributed by atoms with Gasteiger partial charge in [-0.1, -0.05) is 45.2 Å². The summed E-state index contributed by atoms with van der Waals surface area (Å²) in [5.74, 6) is -1.84. The van der Waals surface area contributed by atoms with Crippen LogP contribution in [0.15, 0.2) is 70.2 Å². The summed E-state index contributed by atoms with van der Waals surface area (Å²) in [4.78, 5) is 36.7. The highest BCUT2D eigenvalue weighted by Gasteiger charge is 2.16. The number of hydrogen-bond acceptors (Lipinski definition) is 6. The van der Waals surface area contributed by atoms with Crippen molar-refractivity contribution in [3.8, 4) is 11.5 Å². The molecule has 0 atom stereocenters. The Hall–Kier alpha value is -3.40. The van der Waals surface area contributed by atoms with Crippen LogP contribution in [0.5, 0.6) is 11.5 Å².